The molecule has 0 fully saturated rings. The molecule has 0 bridgehead atoms. The van der Waals surface area contributed by atoms with Crippen molar-refractivity contribution in [3.63, 3.8) is 0 Å². The Balaban J connectivity index is 2.24. The van der Waals surface area contributed by atoms with E-state index in [4.69, 9.17) is 5.73 Å². The molecule has 1 heterocycles. The second-order valence-electron chi connectivity index (χ2n) is 3.92. The van der Waals surface area contributed by atoms with E-state index in [0.29, 0.717) is 11.4 Å². The number of aryl methyl sites for hydroxylation is 2. The molecule has 17 heavy (non-hydrogen) atoms. The fourth-order valence-electron chi connectivity index (χ4n) is 1.54. The predicted octanol–water partition coefficient (Wildman–Crippen LogP) is 1.56. The summed E-state index contributed by atoms with van der Waals surface area (Å²) in [4.78, 5) is 15.8. The zero-order valence-corrected chi connectivity index (χ0v) is 9.77. The number of hydrogen-bond donors (Lipinski definition) is 2. The predicted molar refractivity (Wildman–Crippen MR) is 66.8 cm³/mol. The highest BCUT2D eigenvalue weighted by atomic mass is 16.2. The summed E-state index contributed by atoms with van der Waals surface area (Å²) in [5, 5.41) is 2.81. The van der Waals surface area contributed by atoms with Crippen molar-refractivity contribution >= 4 is 17.3 Å². The first-order valence-electron chi connectivity index (χ1n) is 5.21. The summed E-state index contributed by atoms with van der Waals surface area (Å²) in [6.45, 7) is 1.91. The fourth-order valence-corrected chi connectivity index (χ4v) is 1.54. The lowest BCUT2D eigenvalue weighted by Crippen LogP contribution is -2.16. The fraction of sp³-hybridized carbons (Fsp3) is 0.167. The molecule has 88 valence electrons. The van der Waals surface area contributed by atoms with Gasteiger partial charge in [-0.3, -0.25) is 4.79 Å². The number of nitrogens with two attached hydrogens (primary N) is 1. The van der Waals surface area contributed by atoms with Crippen molar-refractivity contribution < 1.29 is 4.79 Å². The molecule has 1 aromatic heterocycles. The molecule has 1 amide bonds. The van der Waals surface area contributed by atoms with Gasteiger partial charge >= 0.3 is 0 Å². The Hall–Kier alpha value is -2.30. The van der Waals surface area contributed by atoms with E-state index in [-0.39, 0.29) is 5.91 Å². The summed E-state index contributed by atoms with van der Waals surface area (Å²) in [7, 11) is 1.77. The van der Waals surface area contributed by atoms with Crippen LogP contribution in [0.5, 0.6) is 0 Å². The third kappa shape index (κ3) is 2.28. The molecule has 0 unspecified atom stereocenters. The van der Waals surface area contributed by atoms with E-state index in [1.807, 2.05) is 13.0 Å². The van der Waals surface area contributed by atoms with E-state index in [0.717, 1.165) is 11.3 Å². The number of nitrogens with one attached hydrogen (secondary N) is 1. The van der Waals surface area contributed by atoms with Crippen LogP contribution in [0.1, 0.15) is 16.1 Å². The average molecular weight is 230 g/mol. The molecule has 2 aromatic rings. The molecule has 5 heteroatoms. The van der Waals surface area contributed by atoms with E-state index in [1.165, 1.54) is 6.20 Å². The Bertz CT molecular complexity index is 559. The molecular weight excluding hydrogens is 216 g/mol. The summed E-state index contributed by atoms with van der Waals surface area (Å²) >= 11 is 0. The number of hydrogen-bond acceptors (Lipinski definition) is 3. The number of nitrogen functional groups attached to an aromatic ring is 1. The van der Waals surface area contributed by atoms with Gasteiger partial charge in [0.25, 0.3) is 5.91 Å². The van der Waals surface area contributed by atoms with Crippen LogP contribution in [0.2, 0.25) is 0 Å². The highest BCUT2D eigenvalue weighted by Crippen LogP contribution is 2.18. The largest absolute Gasteiger partial charge is 0.399 e. The van der Waals surface area contributed by atoms with E-state index in [1.54, 1.807) is 30.1 Å². The van der Waals surface area contributed by atoms with Crippen LogP contribution in [0, 0.1) is 6.92 Å². The molecule has 1 aromatic carbocycles. The molecule has 0 aliphatic carbocycles. The number of rotatable bonds is 2. The smallest absolute Gasteiger partial charge is 0.273 e. The molecule has 2 rings (SSSR count). The Labute approximate surface area is 99.3 Å². The van der Waals surface area contributed by atoms with Crippen molar-refractivity contribution in [2.24, 2.45) is 7.05 Å². The van der Waals surface area contributed by atoms with Crippen LogP contribution in [0.25, 0.3) is 0 Å². The minimum absolute atomic E-state index is 0.196. The molecule has 0 spiro atoms. The zero-order chi connectivity index (χ0) is 12.4. The SMILES string of the molecule is Cc1ccc(N)cc1NC(=O)c1cncn1C. The van der Waals surface area contributed by atoms with Gasteiger partial charge in [0.05, 0.1) is 12.5 Å². The number of carbonyl (C=O) groups excluding carboxylic acids is 1. The van der Waals surface area contributed by atoms with Crippen molar-refractivity contribution in [3.05, 3.63) is 42.0 Å². The first-order chi connectivity index (χ1) is 8.08. The second kappa shape index (κ2) is 4.29. The normalized spacial score (nSPS) is 10.2. The van der Waals surface area contributed by atoms with Crippen LogP contribution < -0.4 is 11.1 Å². The lowest BCUT2D eigenvalue weighted by molar-refractivity contribution is 0.101. The van der Waals surface area contributed by atoms with E-state index < -0.39 is 0 Å². The van der Waals surface area contributed by atoms with Gasteiger partial charge < -0.3 is 15.6 Å². The number of aromatic nitrogens is 2. The van der Waals surface area contributed by atoms with E-state index in [2.05, 4.69) is 10.3 Å². The van der Waals surface area contributed by atoms with Gasteiger partial charge in [0, 0.05) is 18.4 Å². The van der Waals surface area contributed by atoms with Gasteiger partial charge in [-0.05, 0) is 24.6 Å². The molecule has 5 nitrogen and oxygen atoms in total. The standard InChI is InChI=1S/C12H14N4O/c1-8-3-4-9(13)5-10(8)15-12(17)11-6-14-7-16(11)2/h3-7H,13H2,1-2H3,(H,15,17). The Kier molecular flexibility index (Phi) is 2.82. The van der Waals surface area contributed by atoms with Crippen molar-refractivity contribution in [2.75, 3.05) is 11.1 Å². The van der Waals surface area contributed by atoms with Crippen molar-refractivity contribution in [1.29, 1.82) is 0 Å². The topological polar surface area (TPSA) is 72.9 Å². The molecule has 0 saturated carbocycles. The zero-order valence-electron chi connectivity index (χ0n) is 9.77. The number of imidazole rings is 1. The molecular formula is C12H14N4O. The second-order valence-corrected chi connectivity index (χ2v) is 3.92. The van der Waals surface area contributed by atoms with E-state index in [9.17, 15) is 4.79 Å². The Morgan fingerprint density at radius 3 is 2.88 bits per heavy atom. The molecule has 0 saturated heterocycles. The molecule has 0 radical (unpaired) electrons. The van der Waals surface area contributed by atoms with Gasteiger partial charge in [-0.15, -0.1) is 0 Å². The maximum Gasteiger partial charge on any atom is 0.273 e. The van der Waals surface area contributed by atoms with Crippen LogP contribution in [-0.4, -0.2) is 15.5 Å². The summed E-state index contributed by atoms with van der Waals surface area (Å²) in [5.74, 6) is -0.196. The van der Waals surface area contributed by atoms with Gasteiger partial charge in [-0.25, -0.2) is 4.98 Å². The third-order valence-electron chi connectivity index (χ3n) is 2.56. The van der Waals surface area contributed by atoms with Crippen LogP contribution >= 0.6 is 0 Å². The number of benzene rings is 1. The monoisotopic (exact) mass is 230 g/mol. The first-order valence-corrected chi connectivity index (χ1v) is 5.21. The number of nitrogens with zero attached hydrogens (tertiary/aromatic N) is 2. The van der Waals surface area contributed by atoms with Crippen LogP contribution in [0.4, 0.5) is 11.4 Å². The van der Waals surface area contributed by atoms with Crippen molar-refractivity contribution in [1.82, 2.24) is 9.55 Å². The van der Waals surface area contributed by atoms with Crippen LogP contribution in [-0.2, 0) is 7.05 Å². The number of anilines is 2. The van der Waals surface area contributed by atoms with Gasteiger partial charge in [-0.1, -0.05) is 6.07 Å². The number of amides is 1. The maximum atomic E-state index is 11.9. The van der Waals surface area contributed by atoms with Crippen molar-refractivity contribution in [2.45, 2.75) is 6.92 Å². The van der Waals surface area contributed by atoms with Crippen molar-refractivity contribution in [3.8, 4) is 0 Å². The minimum Gasteiger partial charge on any atom is -0.399 e. The molecule has 0 aliphatic rings. The third-order valence-corrected chi connectivity index (χ3v) is 2.56. The summed E-state index contributed by atoms with van der Waals surface area (Å²) in [5.41, 5.74) is 8.50. The van der Waals surface area contributed by atoms with Gasteiger partial charge in [0.1, 0.15) is 5.69 Å². The van der Waals surface area contributed by atoms with Crippen LogP contribution in [0.3, 0.4) is 0 Å². The Morgan fingerprint density at radius 2 is 2.24 bits per heavy atom. The molecule has 0 aliphatic heterocycles. The summed E-state index contributed by atoms with van der Waals surface area (Å²) < 4.78 is 1.66. The van der Waals surface area contributed by atoms with Crippen LogP contribution in [0.15, 0.2) is 30.7 Å². The average Bonchev–Trinajstić information content (AvgIpc) is 2.70. The Morgan fingerprint density at radius 1 is 1.47 bits per heavy atom. The van der Waals surface area contributed by atoms with Gasteiger partial charge in [0.2, 0.25) is 0 Å². The lowest BCUT2D eigenvalue weighted by atomic mass is 10.2. The lowest BCUT2D eigenvalue weighted by Gasteiger charge is -2.09. The molecule has 3 N–H and O–H groups in total. The highest BCUT2D eigenvalue weighted by Gasteiger charge is 2.11. The molecule has 0 atom stereocenters. The van der Waals surface area contributed by atoms with E-state index >= 15 is 0 Å². The first kappa shape index (κ1) is 11.2. The quantitative estimate of drug-likeness (QED) is 0.769. The summed E-state index contributed by atoms with van der Waals surface area (Å²) in [6.07, 6.45) is 3.11. The number of carbonyl (C=O) groups is 1. The minimum atomic E-state index is -0.196. The summed E-state index contributed by atoms with van der Waals surface area (Å²) in [6, 6.07) is 5.41. The maximum absolute atomic E-state index is 11.9. The highest BCUT2D eigenvalue weighted by molar-refractivity contribution is 6.03. The van der Waals surface area contributed by atoms with Gasteiger partial charge in [-0.2, -0.15) is 0 Å². The van der Waals surface area contributed by atoms with Gasteiger partial charge in [0.15, 0.2) is 0 Å².